The minimum absolute atomic E-state index is 0.0329. The van der Waals surface area contributed by atoms with E-state index in [-0.39, 0.29) is 11.8 Å². The number of para-hydroxylation sites is 2. The van der Waals surface area contributed by atoms with E-state index in [0.29, 0.717) is 12.2 Å². The van der Waals surface area contributed by atoms with Crippen LogP contribution in [0, 0.1) is 0 Å². The number of imidazole rings is 1. The zero-order valence-electron chi connectivity index (χ0n) is 14.2. The third-order valence-corrected chi connectivity index (χ3v) is 4.95. The van der Waals surface area contributed by atoms with Gasteiger partial charge in [0.1, 0.15) is 16.9 Å². The molecule has 26 heavy (non-hydrogen) atoms. The Morgan fingerprint density at radius 1 is 1.12 bits per heavy atom. The number of hydrogen-bond acceptors (Lipinski definition) is 4. The van der Waals surface area contributed by atoms with Gasteiger partial charge in [0.2, 0.25) is 0 Å². The molecule has 4 aromatic rings. The molecule has 1 amide bonds. The number of pyridine rings is 1. The number of nitrogens with zero attached hydrogens (tertiary/aromatic N) is 4. The van der Waals surface area contributed by atoms with Crippen molar-refractivity contribution >= 4 is 22.7 Å². The summed E-state index contributed by atoms with van der Waals surface area (Å²) in [6, 6.07) is 13.5. The quantitative estimate of drug-likeness (QED) is 0.557. The van der Waals surface area contributed by atoms with E-state index in [9.17, 15) is 4.79 Å². The number of hydrogen-bond donors (Lipinski definition) is 0. The standard InChI is InChI=1S/C20H18N4O2/c25-20(16-13-23-10-4-3-9-18(23)21-16)24-11-5-6-14(12-24)19-22-15-7-1-2-8-17(15)26-19/h1-4,7-10,13-14H,5-6,11-12H2. The van der Waals surface area contributed by atoms with Gasteiger partial charge in [0.15, 0.2) is 11.5 Å². The normalized spacial score (nSPS) is 17.8. The Bertz CT molecular complexity index is 1030. The highest BCUT2D eigenvalue weighted by atomic mass is 16.3. The predicted molar refractivity (Wildman–Crippen MR) is 97.1 cm³/mol. The molecule has 6 heteroatoms. The molecule has 130 valence electrons. The predicted octanol–water partition coefficient (Wildman–Crippen LogP) is 3.50. The van der Waals surface area contributed by atoms with E-state index in [2.05, 4.69) is 9.97 Å². The SMILES string of the molecule is O=C(c1cn2ccccc2n1)N1CCCC(c2nc3ccccc3o2)C1. The van der Waals surface area contributed by atoms with Crippen molar-refractivity contribution in [2.45, 2.75) is 18.8 Å². The molecule has 0 bridgehead atoms. The smallest absolute Gasteiger partial charge is 0.274 e. The van der Waals surface area contributed by atoms with Crippen LogP contribution in [-0.2, 0) is 0 Å². The van der Waals surface area contributed by atoms with Crippen LogP contribution in [0.25, 0.3) is 16.7 Å². The van der Waals surface area contributed by atoms with Gasteiger partial charge < -0.3 is 13.7 Å². The zero-order valence-corrected chi connectivity index (χ0v) is 14.2. The van der Waals surface area contributed by atoms with Crippen LogP contribution in [0.2, 0.25) is 0 Å². The average Bonchev–Trinajstić information content (AvgIpc) is 3.31. The molecule has 1 aliphatic rings. The van der Waals surface area contributed by atoms with Crippen molar-refractivity contribution in [3.8, 4) is 0 Å². The highest BCUT2D eigenvalue weighted by Gasteiger charge is 2.29. The Morgan fingerprint density at radius 3 is 2.88 bits per heavy atom. The first kappa shape index (κ1) is 15.1. The fourth-order valence-corrected chi connectivity index (χ4v) is 3.63. The molecule has 3 aromatic heterocycles. The van der Waals surface area contributed by atoms with Gasteiger partial charge in [0, 0.05) is 25.5 Å². The van der Waals surface area contributed by atoms with Gasteiger partial charge in [-0.25, -0.2) is 9.97 Å². The molecule has 0 radical (unpaired) electrons. The number of fused-ring (bicyclic) bond motifs is 2. The lowest BCUT2D eigenvalue weighted by Crippen LogP contribution is -2.39. The molecule has 5 rings (SSSR count). The number of benzene rings is 1. The van der Waals surface area contributed by atoms with Gasteiger partial charge in [0.05, 0.1) is 5.92 Å². The molecule has 6 nitrogen and oxygen atoms in total. The summed E-state index contributed by atoms with van der Waals surface area (Å²) in [7, 11) is 0. The molecule has 1 unspecified atom stereocenters. The number of likely N-dealkylation sites (tertiary alicyclic amines) is 1. The number of carbonyl (C=O) groups excluding carboxylic acids is 1. The third-order valence-electron chi connectivity index (χ3n) is 4.95. The minimum Gasteiger partial charge on any atom is -0.440 e. The maximum Gasteiger partial charge on any atom is 0.274 e. The van der Waals surface area contributed by atoms with Crippen LogP contribution < -0.4 is 0 Å². The Balaban J connectivity index is 1.40. The van der Waals surface area contributed by atoms with Crippen LogP contribution in [0.4, 0.5) is 0 Å². The van der Waals surface area contributed by atoms with Crippen LogP contribution >= 0.6 is 0 Å². The summed E-state index contributed by atoms with van der Waals surface area (Å²) in [5.74, 6) is 0.811. The number of rotatable bonds is 2. The van der Waals surface area contributed by atoms with Crippen LogP contribution in [0.5, 0.6) is 0 Å². The molecule has 0 saturated carbocycles. The molecule has 1 aliphatic heterocycles. The average molecular weight is 346 g/mol. The third kappa shape index (κ3) is 2.54. The number of piperidine rings is 1. The Hall–Kier alpha value is -3.15. The van der Waals surface area contributed by atoms with Crippen molar-refractivity contribution in [1.29, 1.82) is 0 Å². The van der Waals surface area contributed by atoms with E-state index in [1.807, 2.05) is 58.0 Å². The maximum atomic E-state index is 12.9. The minimum atomic E-state index is -0.0329. The number of amides is 1. The topological polar surface area (TPSA) is 63.6 Å². The monoisotopic (exact) mass is 346 g/mol. The van der Waals surface area contributed by atoms with Gasteiger partial charge >= 0.3 is 0 Å². The first-order chi connectivity index (χ1) is 12.8. The van der Waals surface area contributed by atoms with Gasteiger partial charge in [0.25, 0.3) is 5.91 Å². The van der Waals surface area contributed by atoms with E-state index in [1.165, 1.54) is 0 Å². The number of carbonyl (C=O) groups is 1. The highest BCUT2D eigenvalue weighted by molar-refractivity contribution is 5.93. The van der Waals surface area contributed by atoms with Crippen molar-refractivity contribution in [3.63, 3.8) is 0 Å². The van der Waals surface area contributed by atoms with Crippen molar-refractivity contribution in [2.24, 2.45) is 0 Å². The maximum absolute atomic E-state index is 12.9. The van der Waals surface area contributed by atoms with Crippen molar-refractivity contribution in [1.82, 2.24) is 19.3 Å². The molecule has 1 atom stereocenters. The molecular formula is C20H18N4O2. The van der Waals surface area contributed by atoms with Gasteiger partial charge in [-0.3, -0.25) is 4.79 Å². The van der Waals surface area contributed by atoms with Crippen molar-refractivity contribution in [2.75, 3.05) is 13.1 Å². The molecule has 1 saturated heterocycles. The van der Waals surface area contributed by atoms with E-state index in [4.69, 9.17) is 4.42 Å². The van der Waals surface area contributed by atoms with Crippen LogP contribution in [0.3, 0.4) is 0 Å². The summed E-state index contributed by atoms with van der Waals surface area (Å²) in [6.45, 7) is 1.35. The summed E-state index contributed by atoms with van der Waals surface area (Å²) in [5.41, 5.74) is 2.93. The first-order valence-electron chi connectivity index (χ1n) is 8.86. The molecule has 4 heterocycles. The van der Waals surface area contributed by atoms with Gasteiger partial charge in [-0.2, -0.15) is 0 Å². The van der Waals surface area contributed by atoms with Crippen molar-refractivity contribution in [3.05, 3.63) is 66.4 Å². The summed E-state index contributed by atoms with van der Waals surface area (Å²) in [5, 5.41) is 0. The summed E-state index contributed by atoms with van der Waals surface area (Å²) in [6.07, 6.45) is 5.60. The fourth-order valence-electron chi connectivity index (χ4n) is 3.63. The Labute approximate surface area is 150 Å². The summed E-state index contributed by atoms with van der Waals surface area (Å²) in [4.78, 5) is 23.8. The molecule has 1 fully saturated rings. The van der Waals surface area contributed by atoms with Crippen LogP contribution in [0.15, 0.2) is 59.3 Å². The van der Waals surface area contributed by atoms with Gasteiger partial charge in [-0.05, 0) is 37.1 Å². The molecular weight excluding hydrogens is 328 g/mol. The Morgan fingerprint density at radius 2 is 2.00 bits per heavy atom. The molecule has 1 aromatic carbocycles. The van der Waals surface area contributed by atoms with Gasteiger partial charge in [-0.1, -0.05) is 18.2 Å². The highest BCUT2D eigenvalue weighted by Crippen LogP contribution is 2.29. The van der Waals surface area contributed by atoms with E-state index >= 15 is 0 Å². The second-order valence-corrected chi connectivity index (χ2v) is 6.70. The number of aromatic nitrogens is 3. The lowest BCUT2D eigenvalue weighted by atomic mass is 9.98. The van der Waals surface area contributed by atoms with Crippen LogP contribution in [0.1, 0.15) is 35.1 Å². The summed E-state index contributed by atoms with van der Waals surface area (Å²) < 4.78 is 7.79. The van der Waals surface area contributed by atoms with E-state index in [0.717, 1.165) is 42.0 Å². The molecule has 0 spiro atoms. The van der Waals surface area contributed by atoms with E-state index < -0.39 is 0 Å². The zero-order chi connectivity index (χ0) is 17.5. The van der Waals surface area contributed by atoms with Crippen LogP contribution in [-0.4, -0.2) is 38.3 Å². The second-order valence-electron chi connectivity index (χ2n) is 6.70. The lowest BCUT2D eigenvalue weighted by molar-refractivity contribution is 0.0693. The molecule has 0 N–H and O–H groups in total. The first-order valence-corrected chi connectivity index (χ1v) is 8.86. The Kier molecular flexibility index (Phi) is 3.48. The van der Waals surface area contributed by atoms with Gasteiger partial charge in [-0.15, -0.1) is 0 Å². The van der Waals surface area contributed by atoms with Crippen molar-refractivity contribution < 1.29 is 9.21 Å². The lowest BCUT2D eigenvalue weighted by Gasteiger charge is -2.30. The van der Waals surface area contributed by atoms with E-state index in [1.54, 1.807) is 6.20 Å². The molecule has 0 aliphatic carbocycles. The summed E-state index contributed by atoms with van der Waals surface area (Å²) >= 11 is 0. The largest absolute Gasteiger partial charge is 0.440 e. The fraction of sp³-hybridized carbons (Fsp3) is 0.250. The second kappa shape index (κ2) is 5.98. The number of oxazole rings is 1.